The normalized spacial score (nSPS) is 14.0. The molecule has 0 saturated carbocycles. The van der Waals surface area contributed by atoms with Crippen LogP contribution in [0.5, 0.6) is 5.75 Å². The van der Waals surface area contributed by atoms with E-state index in [-0.39, 0.29) is 0 Å². The lowest BCUT2D eigenvalue weighted by Crippen LogP contribution is -2.33. The van der Waals surface area contributed by atoms with E-state index in [1.54, 1.807) is 7.11 Å². The molecule has 0 aromatic heterocycles. The highest BCUT2D eigenvalue weighted by Gasteiger charge is 2.11. The van der Waals surface area contributed by atoms with Gasteiger partial charge in [0.1, 0.15) is 18.5 Å². The Labute approximate surface area is 122 Å². The van der Waals surface area contributed by atoms with Crippen molar-refractivity contribution < 1.29 is 14.6 Å². The summed E-state index contributed by atoms with van der Waals surface area (Å²) >= 11 is 0. The first-order chi connectivity index (χ1) is 9.69. The van der Waals surface area contributed by atoms with Gasteiger partial charge in [0.15, 0.2) is 0 Å². The Morgan fingerprint density at radius 2 is 2.05 bits per heavy atom. The lowest BCUT2D eigenvalue weighted by molar-refractivity contribution is 0.103. The molecule has 114 valence electrons. The van der Waals surface area contributed by atoms with E-state index >= 15 is 0 Å². The number of methoxy groups -OCH3 is 1. The molecule has 0 aliphatic rings. The molecule has 0 amide bonds. The second-order valence-electron chi connectivity index (χ2n) is 5.01. The fraction of sp³-hybridized carbons (Fsp3) is 0.625. The van der Waals surface area contributed by atoms with Gasteiger partial charge >= 0.3 is 0 Å². The molecule has 0 radical (unpaired) electrons. The number of aliphatic hydroxyl groups is 1. The van der Waals surface area contributed by atoms with Crippen molar-refractivity contribution in [1.82, 2.24) is 5.32 Å². The summed E-state index contributed by atoms with van der Waals surface area (Å²) < 4.78 is 10.7. The number of ether oxygens (including phenoxy) is 2. The third-order valence-corrected chi connectivity index (χ3v) is 3.36. The first-order valence-electron chi connectivity index (χ1n) is 7.28. The zero-order valence-corrected chi connectivity index (χ0v) is 12.8. The Kier molecular flexibility index (Phi) is 8.26. The van der Waals surface area contributed by atoms with E-state index in [9.17, 15) is 5.11 Å². The standard InChI is InChI=1S/C16H27NO3/c1-4-13(2)15-7-5-6-8-16(15)20-12-14(18)11-17-9-10-19-3/h5-8,13-14,17-18H,4,9-12H2,1-3H3. The summed E-state index contributed by atoms with van der Waals surface area (Å²) in [6, 6.07) is 8.04. The van der Waals surface area contributed by atoms with Gasteiger partial charge in [-0.1, -0.05) is 32.0 Å². The van der Waals surface area contributed by atoms with E-state index in [1.807, 2.05) is 18.2 Å². The maximum atomic E-state index is 9.87. The van der Waals surface area contributed by atoms with Crippen molar-refractivity contribution >= 4 is 0 Å². The van der Waals surface area contributed by atoms with Crippen LogP contribution in [0.3, 0.4) is 0 Å². The monoisotopic (exact) mass is 281 g/mol. The summed E-state index contributed by atoms with van der Waals surface area (Å²) in [6.07, 6.45) is 0.554. The Hall–Kier alpha value is -1.10. The molecule has 1 rings (SSSR count). The SMILES string of the molecule is CCC(C)c1ccccc1OCC(O)CNCCOC. The number of hydrogen-bond acceptors (Lipinski definition) is 4. The van der Waals surface area contributed by atoms with Gasteiger partial charge in [-0.15, -0.1) is 0 Å². The molecule has 1 aromatic rings. The summed E-state index contributed by atoms with van der Waals surface area (Å²) in [5, 5.41) is 13.0. The average Bonchev–Trinajstić information content (AvgIpc) is 2.49. The lowest BCUT2D eigenvalue weighted by Gasteiger charge is -2.18. The summed E-state index contributed by atoms with van der Waals surface area (Å²) in [5.74, 6) is 1.33. The topological polar surface area (TPSA) is 50.7 Å². The molecule has 4 nitrogen and oxygen atoms in total. The molecule has 0 bridgehead atoms. The number of para-hydroxylation sites is 1. The molecule has 0 fully saturated rings. The van der Waals surface area contributed by atoms with E-state index in [2.05, 4.69) is 25.2 Å². The second kappa shape index (κ2) is 9.75. The van der Waals surface area contributed by atoms with Gasteiger partial charge in [-0.25, -0.2) is 0 Å². The number of benzene rings is 1. The molecule has 1 aromatic carbocycles. The molecular formula is C16H27NO3. The van der Waals surface area contributed by atoms with Crippen LogP contribution < -0.4 is 10.1 Å². The van der Waals surface area contributed by atoms with Crippen LogP contribution in [0, 0.1) is 0 Å². The van der Waals surface area contributed by atoms with Crippen molar-refractivity contribution in [3.05, 3.63) is 29.8 Å². The minimum Gasteiger partial charge on any atom is -0.491 e. The Morgan fingerprint density at radius 1 is 1.30 bits per heavy atom. The zero-order chi connectivity index (χ0) is 14.8. The van der Waals surface area contributed by atoms with Crippen LogP contribution >= 0.6 is 0 Å². The van der Waals surface area contributed by atoms with Gasteiger partial charge in [0, 0.05) is 20.2 Å². The van der Waals surface area contributed by atoms with Crippen LogP contribution in [-0.4, -0.2) is 44.6 Å². The summed E-state index contributed by atoms with van der Waals surface area (Å²) in [5.41, 5.74) is 1.20. The average molecular weight is 281 g/mol. The second-order valence-corrected chi connectivity index (χ2v) is 5.01. The Morgan fingerprint density at radius 3 is 2.75 bits per heavy atom. The highest BCUT2D eigenvalue weighted by atomic mass is 16.5. The fourth-order valence-corrected chi connectivity index (χ4v) is 1.93. The summed E-state index contributed by atoms with van der Waals surface area (Å²) in [6.45, 7) is 6.53. The van der Waals surface area contributed by atoms with Crippen molar-refractivity contribution in [2.45, 2.75) is 32.3 Å². The number of nitrogens with one attached hydrogen (secondary N) is 1. The molecule has 0 aliphatic heterocycles. The van der Waals surface area contributed by atoms with Crippen molar-refractivity contribution in [3.63, 3.8) is 0 Å². The Balaban J connectivity index is 2.41. The quantitative estimate of drug-likeness (QED) is 0.645. The van der Waals surface area contributed by atoms with Gasteiger partial charge in [0.25, 0.3) is 0 Å². The number of aliphatic hydroxyl groups excluding tert-OH is 1. The van der Waals surface area contributed by atoms with Crippen LogP contribution in [0.15, 0.2) is 24.3 Å². The summed E-state index contributed by atoms with van der Waals surface area (Å²) in [7, 11) is 1.66. The van der Waals surface area contributed by atoms with Gasteiger partial charge in [-0.3, -0.25) is 0 Å². The van der Waals surface area contributed by atoms with E-state index in [4.69, 9.17) is 9.47 Å². The van der Waals surface area contributed by atoms with Crippen molar-refractivity contribution in [2.75, 3.05) is 33.4 Å². The zero-order valence-electron chi connectivity index (χ0n) is 12.8. The van der Waals surface area contributed by atoms with E-state index < -0.39 is 6.10 Å². The van der Waals surface area contributed by atoms with Crippen molar-refractivity contribution in [2.24, 2.45) is 0 Å². The minimum absolute atomic E-state index is 0.299. The summed E-state index contributed by atoms with van der Waals surface area (Å²) in [4.78, 5) is 0. The molecule has 2 N–H and O–H groups in total. The maximum absolute atomic E-state index is 9.87. The van der Waals surface area contributed by atoms with Gasteiger partial charge < -0.3 is 19.9 Å². The van der Waals surface area contributed by atoms with Crippen molar-refractivity contribution in [1.29, 1.82) is 0 Å². The van der Waals surface area contributed by atoms with Crippen LogP contribution in [0.1, 0.15) is 31.7 Å². The molecular weight excluding hydrogens is 254 g/mol. The Bertz CT molecular complexity index is 370. The van der Waals surface area contributed by atoms with Gasteiger partial charge in [-0.05, 0) is 24.0 Å². The predicted octanol–water partition coefficient (Wildman–Crippen LogP) is 2.18. The lowest BCUT2D eigenvalue weighted by atomic mass is 9.98. The fourth-order valence-electron chi connectivity index (χ4n) is 1.93. The molecule has 4 heteroatoms. The molecule has 0 aliphatic carbocycles. The van der Waals surface area contributed by atoms with Crippen molar-refractivity contribution in [3.8, 4) is 5.75 Å². The molecule has 0 spiro atoms. The van der Waals surface area contributed by atoms with Crippen LogP contribution in [0.2, 0.25) is 0 Å². The van der Waals surface area contributed by atoms with Crippen LogP contribution in [0.4, 0.5) is 0 Å². The van der Waals surface area contributed by atoms with Gasteiger partial charge in [0.05, 0.1) is 6.61 Å². The van der Waals surface area contributed by atoms with Gasteiger partial charge in [0.2, 0.25) is 0 Å². The van der Waals surface area contributed by atoms with E-state index in [1.165, 1.54) is 5.56 Å². The third kappa shape index (κ3) is 5.90. The largest absolute Gasteiger partial charge is 0.491 e. The minimum atomic E-state index is -0.517. The van der Waals surface area contributed by atoms with Crippen LogP contribution in [0.25, 0.3) is 0 Å². The molecule has 2 unspecified atom stereocenters. The first kappa shape index (κ1) is 17.0. The smallest absolute Gasteiger partial charge is 0.122 e. The molecule has 20 heavy (non-hydrogen) atoms. The number of hydrogen-bond donors (Lipinski definition) is 2. The highest BCUT2D eigenvalue weighted by molar-refractivity contribution is 5.35. The maximum Gasteiger partial charge on any atom is 0.122 e. The highest BCUT2D eigenvalue weighted by Crippen LogP contribution is 2.28. The van der Waals surface area contributed by atoms with Crippen LogP contribution in [-0.2, 0) is 4.74 Å². The van der Waals surface area contributed by atoms with Gasteiger partial charge in [-0.2, -0.15) is 0 Å². The molecule has 0 saturated heterocycles. The first-order valence-corrected chi connectivity index (χ1v) is 7.28. The number of rotatable bonds is 10. The third-order valence-electron chi connectivity index (χ3n) is 3.36. The van der Waals surface area contributed by atoms with E-state index in [0.29, 0.717) is 25.7 Å². The van der Waals surface area contributed by atoms with E-state index in [0.717, 1.165) is 18.7 Å². The molecule has 2 atom stereocenters. The predicted molar refractivity (Wildman–Crippen MR) is 81.4 cm³/mol. The molecule has 0 heterocycles.